The van der Waals surface area contributed by atoms with Gasteiger partial charge in [-0.2, -0.15) is 0 Å². The summed E-state index contributed by atoms with van der Waals surface area (Å²) in [6.45, 7) is 0.303. The fourth-order valence-corrected chi connectivity index (χ4v) is 3.48. The van der Waals surface area contributed by atoms with Crippen molar-refractivity contribution in [1.82, 2.24) is 5.32 Å². The van der Waals surface area contributed by atoms with E-state index in [1.807, 2.05) is 12.1 Å². The number of hydrogen-bond acceptors (Lipinski definition) is 4. The van der Waals surface area contributed by atoms with Crippen molar-refractivity contribution in [2.45, 2.75) is 38.3 Å². The van der Waals surface area contributed by atoms with Gasteiger partial charge in [0.15, 0.2) is 0 Å². The number of carbonyl (C=O) groups excluding carboxylic acids is 2. The second-order valence-electron chi connectivity index (χ2n) is 7.47. The van der Waals surface area contributed by atoms with Crippen LogP contribution in [0.5, 0.6) is 5.75 Å². The second kappa shape index (κ2) is 9.84. The highest BCUT2D eigenvalue weighted by Crippen LogP contribution is 2.24. The molecule has 1 aliphatic rings. The number of benzene rings is 2. The maximum atomic E-state index is 12.5. The summed E-state index contributed by atoms with van der Waals surface area (Å²) in [6.07, 6.45) is 6.47. The molecule has 1 fully saturated rings. The number of hydrogen-bond donors (Lipinski definition) is 3. The van der Waals surface area contributed by atoms with E-state index in [-0.39, 0.29) is 11.9 Å². The van der Waals surface area contributed by atoms with E-state index in [1.54, 1.807) is 54.8 Å². The van der Waals surface area contributed by atoms with Crippen LogP contribution in [-0.4, -0.2) is 18.0 Å². The molecule has 0 aliphatic heterocycles. The number of urea groups is 1. The molecule has 31 heavy (non-hydrogen) atoms. The molecule has 1 aliphatic carbocycles. The summed E-state index contributed by atoms with van der Waals surface area (Å²) in [6, 6.07) is 17.3. The fraction of sp³-hybridized carbons (Fsp3) is 0.250. The van der Waals surface area contributed by atoms with Crippen LogP contribution in [0, 0.1) is 0 Å². The van der Waals surface area contributed by atoms with Crippen molar-refractivity contribution < 1.29 is 18.7 Å². The molecule has 2 aromatic carbocycles. The minimum atomic E-state index is -0.340. The average Bonchev–Trinajstić information content (AvgIpc) is 3.48. The summed E-state index contributed by atoms with van der Waals surface area (Å²) in [5.41, 5.74) is 1.81. The van der Waals surface area contributed by atoms with Gasteiger partial charge in [0.25, 0.3) is 5.91 Å². The fourth-order valence-electron chi connectivity index (χ4n) is 3.48. The molecule has 3 amide bonds. The second-order valence-corrected chi connectivity index (χ2v) is 7.47. The molecular weight excluding hydrogens is 394 g/mol. The Hall–Kier alpha value is -3.74. The zero-order valence-electron chi connectivity index (χ0n) is 17.1. The smallest absolute Gasteiger partial charge is 0.319 e. The normalized spacial score (nSPS) is 13.5. The highest BCUT2D eigenvalue weighted by Gasteiger charge is 2.16. The molecule has 0 bridgehead atoms. The maximum absolute atomic E-state index is 12.5. The van der Waals surface area contributed by atoms with Crippen LogP contribution in [0.15, 0.2) is 71.3 Å². The molecule has 0 saturated heterocycles. The molecule has 0 radical (unpaired) electrons. The van der Waals surface area contributed by atoms with E-state index in [2.05, 4.69) is 16.0 Å². The number of furan rings is 1. The Labute approximate surface area is 180 Å². The van der Waals surface area contributed by atoms with Crippen LogP contribution in [0.3, 0.4) is 0 Å². The van der Waals surface area contributed by atoms with Crippen molar-refractivity contribution in [3.63, 3.8) is 0 Å². The number of anilines is 2. The predicted octanol–water partition coefficient (Wildman–Crippen LogP) is 5.18. The lowest BCUT2D eigenvalue weighted by Crippen LogP contribution is -2.27. The van der Waals surface area contributed by atoms with Crippen LogP contribution in [-0.2, 0) is 6.54 Å². The minimum Gasteiger partial charge on any atom is -0.490 e. The summed E-state index contributed by atoms with van der Waals surface area (Å²) in [5.74, 6) is 1.26. The summed E-state index contributed by atoms with van der Waals surface area (Å²) in [4.78, 5) is 24.4. The Kier molecular flexibility index (Phi) is 6.52. The summed E-state index contributed by atoms with van der Waals surface area (Å²) >= 11 is 0. The van der Waals surface area contributed by atoms with E-state index in [0.29, 0.717) is 35.3 Å². The molecule has 3 N–H and O–H groups in total. The van der Waals surface area contributed by atoms with Crippen molar-refractivity contribution in [2.24, 2.45) is 0 Å². The van der Waals surface area contributed by atoms with Gasteiger partial charge in [-0.25, -0.2) is 4.79 Å². The lowest BCUT2D eigenvalue weighted by molar-refractivity contribution is 0.102. The van der Waals surface area contributed by atoms with Gasteiger partial charge in [-0.3, -0.25) is 4.79 Å². The Bertz CT molecular complexity index is 992. The van der Waals surface area contributed by atoms with Crippen molar-refractivity contribution in [1.29, 1.82) is 0 Å². The van der Waals surface area contributed by atoms with Crippen LogP contribution in [0.2, 0.25) is 0 Å². The number of rotatable bonds is 7. The van der Waals surface area contributed by atoms with Gasteiger partial charge >= 0.3 is 6.03 Å². The van der Waals surface area contributed by atoms with Gasteiger partial charge in [-0.15, -0.1) is 0 Å². The third-order valence-corrected chi connectivity index (χ3v) is 5.13. The first-order valence-electron chi connectivity index (χ1n) is 10.4. The molecular formula is C24H25N3O4. The van der Waals surface area contributed by atoms with E-state index >= 15 is 0 Å². The molecule has 1 aromatic heterocycles. The Morgan fingerprint density at radius 2 is 1.58 bits per heavy atom. The first-order chi connectivity index (χ1) is 15.2. The van der Waals surface area contributed by atoms with Gasteiger partial charge in [0.2, 0.25) is 0 Å². The van der Waals surface area contributed by atoms with Crippen molar-refractivity contribution in [2.75, 3.05) is 10.6 Å². The molecule has 1 saturated carbocycles. The van der Waals surface area contributed by atoms with E-state index in [9.17, 15) is 9.59 Å². The number of ether oxygens (including phenoxy) is 1. The van der Waals surface area contributed by atoms with Crippen molar-refractivity contribution in [3.05, 3.63) is 78.3 Å². The predicted molar refractivity (Wildman–Crippen MR) is 118 cm³/mol. The first kappa shape index (κ1) is 20.5. The van der Waals surface area contributed by atoms with E-state index in [0.717, 1.165) is 18.6 Å². The van der Waals surface area contributed by atoms with Gasteiger partial charge in [-0.05, 0) is 86.3 Å². The average molecular weight is 419 g/mol. The molecule has 7 nitrogen and oxygen atoms in total. The van der Waals surface area contributed by atoms with E-state index < -0.39 is 0 Å². The maximum Gasteiger partial charge on any atom is 0.319 e. The first-order valence-corrected chi connectivity index (χ1v) is 10.4. The standard InChI is InChI=1S/C24H25N3O4/c28-23(17-7-13-21(14-8-17)31-20-4-1-2-5-20)26-18-9-11-19(12-10-18)27-24(29)25-16-22-6-3-15-30-22/h3,6-15,20H,1-2,4-5,16H2,(H,26,28)(H2,25,27,29). The topological polar surface area (TPSA) is 92.6 Å². The highest BCUT2D eigenvalue weighted by atomic mass is 16.5. The Balaban J connectivity index is 1.26. The third-order valence-electron chi connectivity index (χ3n) is 5.13. The summed E-state index contributed by atoms with van der Waals surface area (Å²) < 4.78 is 11.1. The molecule has 7 heteroatoms. The van der Waals surface area contributed by atoms with Crippen LogP contribution >= 0.6 is 0 Å². The monoisotopic (exact) mass is 419 g/mol. The van der Waals surface area contributed by atoms with Gasteiger partial charge in [-0.1, -0.05) is 0 Å². The Morgan fingerprint density at radius 1 is 0.903 bits per heavy atom. The lowest BCUT2D eigenvalue weighted by Gasteiger charge is -2.13. The number of amides is 3. The van der Waals surface area contributed by atoms with Crippen molar-refractivity contribution in [3.8, 4) is 5.75 Å². The van der Waals surface area contributed by atoms with E-state index in [4.69, 9.17) is 9.15 Å². The van der Waals surface area contributed by atoms with E-state index in [1.165, 1.54) is 12.8 Å². The van der Waals surface area contributed by atoms with Gasteiger partial charge in [0.05, 0.1) is 18.9 Å². The molecule has 3 aromatic rings. The molecule has 1 heterocycles. The Morgan fingerprint density at radius 3 is 2.23 bits per heavy atom. The zero-order valence-corrected chi connectivity index (χ0v) is 17.1. The SMILES string of the molecule is O=C(NCc1ccco1)Nc1ccc(NC(=O)c2ccc(OC3CCCC3)cc2)cc1. The molecule has 0 atom stereocenters. The largest absolute Gasteiger partial charge is 0.490 e. The molecule has 0 unspecified atom stereocenters. The molecule has 160 valence electrons. The zero-order chi connectivity index (χ0) is 21.5. The van der Waals surface area contributed by atoms with Crippen LogP contribution in [0.1, 0.15) is 41.8 Å². The van der Waals surface area contributed by atoms with Gasteiger partial charge < -0.3 is 25.1 Å². The van der Waals surface area contributed by atoms with Crippen molar-refractivity contribution >= 4 is 23.3 Å². The number of nitrogens with one attached hydrogen (secondary N) is 3. The van der Waals surface area contributed by atoms with Gasteiger partial charge in [0, 0.05) is 16.9 Å². The third kappa shape index (κ3) is 5.88. The highest BCUT2D eigenvalue weighted by molar-refractivity contribution is 6.04. The molecule has 4 rings (SSSR count). The van der Waals surface area contributed by atoms with Crippen LogP contribution in [0.25, 0.3) is 0 Å². The lowest BCUT2D eigenvalue weighted by atomic mass is 10.2. The van der Waals surface area contributed by atoms with Gasteiger partial charge in [0.1, 0.15) is 11.5 Å². The number of carbonyl (C=O) groups is 2. The minimum absolute atomic E-state index is 0.204. The molecule has 0 spiro atoms. The summed E-state index contributed by atoms with van der Waals surface area (Å²) in [5, 5.41) is 8.29. The van der Waals surface area contributed by atoms with Crippen LogP contribution < -0.4 is 20.7 Å². The quantitative estimate of drug-likeness (QED) is 0.492. The summed E-state index contributed by atoms with van der Waals surface area (Å²) in [7, 11) is 0. The van der Waals surface area contributed by atoms with Crippen LogP contribution in [0.4, 0.5) is 16.2 Å².